The lowest BCUT2D eigenvalue weighted by atomic mass is 10.1. The average Bonchev–Trinajstić information content (AvgIpc) is 3.11. The molecule has 0 aliphatic carbocycles. The minimum Gasteiger partial charge on any atom is -0.322 e. The molecule has 4 nitrogen and oxygen atoms in total. The number of pyridine rings is 1. The zero-order valence-corrected chi connectivity index (χ0v) is 16.3. The van der Waals surface area contributed by atoms with Gasteiger partial charge in [0.2, 0.25) is 0 Å². The van der Waals surface area contributed by atoms with E-state index in [0.717, 1.165) is 22.5 Å². The highest BCUT2D eigenvalue weighted by Gasteiger charge is 2.15. The molecule has 0 aliphatic heterocycles. The lowest BCUT2D eigenvalue weighted by Crippen LogP contribution is -2.13. The zero-order chi connectivity index (χ0) is 20.4. The molecule has 4 aromatic rings. The molecule has 2 aromatic carbocycles. The fraction of sp³-hybridized carbons (Fsp3) is 0.0909. The van der Waals surface area contributed by atoms with Gasteiger partial charge >= 0.3 is 0 Å². The molecule has 0 aliphatic rings. The number of amides is 1. The molecule has 0 saturated heterocycles. The predicted molar refractivity (Wildman–Crippen MR) is 112 cm³/mol. The second kappa shape index (κ2) is 8.05. The number of thioether (sulfide) groups is 1. The first kappa shape index (κ1) is 19.1. The van der Waals surface area contributed by atoms with Crippen LogP contribution >= 0.6 is 11.8 Å². The summed E-state index contributed by atoms with van der Waals surface area (Å²) in [5.41, 5.74) is 4.37. The van der Waals surface area contributed by atoms with Crippen LogP contribution in [0.15, 0.2) is 78.0 Å². The number of hydrogen-bond acceptors (Lipinski definition) is 3. The molecular formula is C22H17F2N3OS. The summed E-state index contributed by atoms with van der Waals surface area (Å²) in [6.07, 6.45) is 3.87. The molecule has 0 unspecified atom stereocenters. The maximum absolute atomic E-state index is 12.8. The largest absolute Gasteiger partial charge is 0.322 e. The highest BCUT2D eigenvalue weighted by Crippen LogP contribution is 2.29. The zero-order valence-electron chi connectivity index (χ0n) is 15.5. The molecule has 29 heavy (non-hydrogen) atoms. The number of carbonyl (C=O) groups is 1. The summed E-state index contributed by atoms with van der Waals surface area (Å²) in [5, 5.41) is 2.79. The van der Waals surface area contributed by atoms with Gasteiger partial charge in [0.05, 0.1) is 11.3 Å². The van der Waals surface area contributed by atoms with Gasteiger partial charge < -0.3 is 9.72 Å². The van der Waals surface area contributed by atoms with E-state index in [2.05, 4.69) is 10.3 Å². The van der Waals surface area contributed by atoms with Gasteiger partial charge in [0, 0.05) is 28.5 Å². The van der Waals surface area contributed by atoms with Crippen LogP contribution in [0.2, 0.25) is 0 Å². The van der Waals surface area contributed by atoms with Gasteiger partial charge in [-0.15, -0.1) is 0 Å². The Bertz CT molecular complexity index is 1190. The Balaban J connectivity index is 1.60. The third-order valence-corrected chi connectivity index (χ3v) is 5.17. The van der Waals surface area contributed by atoms with Crippen molar-refractivity contribution in [2.45, 2.75) is 17.6 Å². The van der Waals surface area contributed by atoms with Gasteiger partial charge in [0.1, 0.15) is 5.65 Å². The first-order valence-corrected chi connectivity index (χ1v) is 9.78. The van der Waals surface area contributed by atoms with Gasteiger partial charge in [0.25, 0.3) is 11.7 Å². The topological polar surface area (TPSA) is 46.4 Å². The molecule has 7 heteroatoms. The molecule has 0 radical (unpaired) electrons. The van der Waals surface area contributed by atoms with Gasteiger partial charge in [0.15, 0.2) is 0 Å². The van der Waals surface area contributed by atoms with Gasteiger partial charge in [-0.25, -0.2) is 4.98 Å². The number of hydrogen-bond donors (Lipinski definition) is 1. The molecule has 0 atom stereocenters. The molecule has 1 amide bonds. The van der Waals surface area contributed by atoms with Crippen LogP contribution in [0, 0.1) is 6.92 Å². The van der Waals surface area contributed by atoms with E-state index in [1.54, 1.807) is 18.2 Å². The average molecular weight is 409 g/mol. The van der Waals surface area contributed by atoms with Crippen LogP contribution < -0.4 is 5.32 Å². The van der Waals surface area contributed by atoms with E-state index in [0.29, 0.717) is 17.4 Å². The molecular weight excluding hydrogens is 392 g/mol. The van der Waals surface area contributed by atoms with Crippen LogP contribution in [0.4, 0.5) is 14.5 Å². The number of alkyl halides is 2. The number of nitrogens with zero attached hydrogens (tertiary/aromatic N) is 2. The number of aryl methyl sites for hydroxylation is 1. The van der Waals surface area contributed by atoms with Crippen LogP contribution in [0.5, 0.6) is 0 Å². The van der Waals surface area contributed by atoms with Crippen LogP contribution in [0.25, 0.3) is 16.9 Å². The minimum absolute atomic E-state index is 0.214. The summed E-state index contributed by atoms with van der Waals surface area (Å²) in [7, 11) is 0. The molecule has 0 spiro atoms. The van der Waals surface area contributed by atoms with E-state index in [1.165, 1.54) is 12.1 Å². The summed E-state index contributed by atoms with van der Waals surface area (Å²) in [6.45, 7) is 2.01. The maximum Gasteiger partial charge on any atom is 0.288 e. The maximum atomic E-state index is 12.8. The molecule has 2 aromatic heterocycles. The summed E-state index contributed by atoms with van der Waals surface area (Å²) in [4.78, 5) is 17.5. The summed E-state index contributed by atoms with van der Waals surface area (Å²) < 4.78 is 27.5. The Labute approximate surface area is 170 Å². The van der Waals surface area contributed by atoms with E-state index in [1.807, 2.05) is 54.0 Å². The third-order valence-electron chi connectivity index (χ3n) is 4.38. The second-order valence-electron chi connectivity index (χ2n) is 6.51. The first-order valence-electron chi connectivity index (χ1n) is 8.90. The Morgan fingerprint density at radius 2 is 1.93 bits per heavy atom. The van der Waals surface area contributed by atoms with Crippen molar-refractivity contribution in [1.82, 2.24) is 9.38 Å². The fourth-order valence-electron chi connectivity index (χ4n) is 3.03. The van der Waals surface area contributed by atoms with Crippen molar-refractivity contribution < 1.29 is 13.6 Å². The Hall–Kier alpha value is -3.19. The quantitative estimate of drug-likeness (QED) is 0.419. The van der Waals surface area contributed by atoms with E-state index >= 15 is 0 Å². The number of carbonyl (C=O) groups excluding carboxylic acids is 1. The molecule has 0 bridgehead atoms. The van der Waals surface area contributed by atoms with Gasteiger partial charge in [-0.1, -0.05) is 36.0 Å². The molecule has 0 saturated carbocycles. The number of halogens is 2. The number of anilines is 1. The van der Waals surface area contributed by atoms with Crippen molar-refractivity contribution in [2.75, 3.05) is 5.32 Å². The summed E-state index contributed by atoms with van der Waals surface area (Å²) in [5.74, 6) is -3.03. The predicted octanol–water partition coefficient (Wildman–Crippen LogP) is 5.88. The van der Waals surface area contributed by atoms with Crippen molar-refractivity contribution in [3.63, 3.8) is 0 Å². The molecule has 1 N–H and O–H groups in total. The lowest BCUT2D eigenvalue weighted by Gasteiger charge is -2.10. The third kappa shape index (κ3) is 4.30. The Kier molecular flexibility index (Phi) is 5.31. The van der Waals surface area contributed by atoms with E-state index in [9.17, 15) is 13.6 Å². The van der Waals surface area contributed by atoms with E-state index < -0.39 is 11.7 Å². The van der Waals surface area contributed by atoms with Crippen molar-refractivity contribution in [1.29, 1.82) is 0 Å². The number of imidazole rings is 1. The fourth-order valence-corrected chi connectivity index (χ4v) is 3.67. The molecule has 146 valence electrons. The molecule has 2 heterocycles. The monoisotopic (exact) mass is 409 g/mol. The standard InChI is InChI=1S/C22H17F2N3OS/c1-14-9-10-27-13-18(26-20(27)11-14)15-5-4-6-16(12-15)25-21(28)17-7-2-3-8-19(17)29-22(23)24/h2-13,22H,1H3,(H,25,28). The number of fused-ring (bicyclic) bond motifs is 1. The highest BCUT2D eigenvalue weighted by molar-refractivity contribution is 7.99. The van der Waals surface area contributed by atoms with Crippen molar-refractivity contribution >= 4 is 29.0 Å². The number of aromatic nitrogens is 2. The van der Waals surface area contributed by atoms with Crippen molar-refractivity contribution in [3.8, 4) is 11.3 Å². The summed E-state index contributed by atoms with van der Waals surface area (Å²) in [6, 6.07) is 17.6. The van der Waals surface area contributed by atoms with Crippen LogP contribution in [0.3, 0.4) is 0 Å². The number of rotatable bonds is 5. The van der Waals surface area contributed by atoms with E-state index in [4.69, 9.17) is 0 Å². The summed E-state index contributed by atoms with van der Waals surface area (Å²) >= 11 is 0.361. The van der Waals surface area contributed by atoms with Crippen molar-refractivity contribution in [3.05, 3.63) is 84.2 Å². The number of nitrogens with one attached hydrogen (secondary N) is 1. The van der Waals surface area contributed by atoms with Crippen LogP contribution in [-0.2, 0) is 0 Å². The molecule has 4 rings (SSSR count). The normalized spacial score (nSPS) is 11.2. The van der Waals surface area contributed by atoms with Crippen molar-refractivity contribution in [2.24, 2.45) is 0 Å². The smallest absolute Gasteiger partial charge is 0.288 e. The van der Waals surface area contributed by atoms with Crippen LogP contribution in [-0.4, -0.2) is 21.0 Å². The van der Waals surface area contributed by atoms with Gasteiger partial charge in [-0.3, -0.25) is 4.79 Å². The second-order valence-corrected chi connectivity index (χ2v) is 7.54. The van der Waals surface area contributed by atoms with Crippen LogP contribution in [0.1, 0.15) is 15.9 Å². The van der Waals surface area contributed by atoms with Gasteiger partial charge in [-0.2, -0.15) is 8.78 Å². The Morgan fingerprint density at radius 3 is 2.76 bits per heavy atom. The highest BCUT2D eigenvalue weighted by atomic mass is 32.2. The molecule has 0 fully saturated rings. The van der Waals surface area contributed by atoms with E-state index in [-0.39, 0.29) is 10.5 Å². The minimum atomic E-state index is -2.59. The Morgan fingerprint density at radius 1 is 1.10 bits per heavy atom. The van der Waals surface area contributed by atoms with Gasteiger partial charge in [-0.05, 0) is 48.9 Å². The lowest BCUT2D eigenvalue weighted by molar-refractivity contribution is 0.102. The SMILES string of the molecule is Cc1ccn2cc(-c3cccc(NC(=O)c4ccccc4SC(F)F)c3)nc2c1. The number of benzene rings is 2. The first-order chi connectivity index (χ1) is 14.0.